The van der Waals surface area contributed by atoms with Crippen LogP contribution in [0.3, 0.4) is 0 Å². The Hall–Kier alpha value is -2.52. The van der Waals surface area contributed by atoms with Crippen molar-refractivity contribution in [2.24, 2.45) is 0 Å². The van der Waals surface area contributed by atoms with Crippen molar-refractivity contribution in [3.63, 3.8) is 0 Å². The highest BCUT2D eigenvalue weighted by atomic mass is 31.1. The van der Waals surface area contributed by atoms with E-state index in [0.29, 0.717) is 37.4 Å². The van der Waals surface area contributed by atoms with Gasteiger partial charge in [0.1, 0.15) is 31.1 Å². The number of carbonyl (C=O) groups is 1. The predicted octanol–water partition coefficient (Wildman–Crippen LogP) is 0.973. The van der Waals surface area contributed by atoms with Crippen LogP contribution in [-0.2, 0) is 28.1 Å². The standard InChI is InChI=1S/C23H36N6O9P/c1-14-21(31)36-10-6-8-34-7-4-3-5-9-35-20-17-19(26-22(24)27-20)29(13-25-17)16-11-23(2,32)18(30)15(38-16)12-37-39(33)28-14/h13-16,18,30,32H,3-12H2,1-2H3,(H,28,33)(H2,24,26,27)/q+1/t14-,15?,16?,18+,23-/m0/s1. The number of aliphatic hydroxyl groups is 2. The van der Waals surface area contributed by atoms with E-state index in [-0.39, 0.29) is 31.5 Å². The highest BCUT2D eigenvalue weighted by molar-refractivity contribution is 7.36. The third-order valence-electron chi connectivity index (χ3n) is 6.48. The second-order valence-electron chi connectivity index (χ2n) is 9.79. The maximum absolute atomic E-state index is 12.5. The van der Waals surface area contributed by atoms with E-state index in [2.05, 4.69) is 20.0 Å². The predicted molar refractivity (Wildman–Crippen MR) is 137 cm³/mol. The molecular weight excluding hydrogens is 535 g/mol. The number of esters is 1. The van der Waals surface area contributed by atoms with Gasteiger partial charge in [-0.15, -0.1) is 4.52 Å². The van der Waals surface area contributed by atoms with Crippen LogP contribution < -0.4 is 15.6 Å². The molecule has 1 saturated heterocycles. The van der Waals surface area contributed by atoms with Crippen LogP contribution in [0.4, 0.5) is 5.95 Å². The van der Waals surface area contributed by atoms with Crippen LogP contribution in [0, 0.1) is 0 Å². The Balaban J connectivity index is 1.54. The Kier molecular flexibility index (Phi) is 9.99. The number of hydrogen-bond donors (Lipinski definition) is 4. The van der Waals surface area contributed by atoms with Crippen LogP contribution in [0.1, 0.15) is 52.2 Å². The fourth-order valence-corrected chi connectivity index (χ4v) is 5.09. The van der Waals surface area contributed by atoms with Gasteiger partial charge < -0.3 is 34.9 Å². The summed E-state index contributed by atoms with van der Waals surface area (Å²) in [6.45, 7) is 4.19. The minimum Gasteiger partial charge on any atom is -0.476 e. The number of nitrogens with two attached hydrogens (primary N) is 1. The van der Waals surface area contributed by atoms with Crippen LogP contribution in [0.5, 0.6) is 5.88 Å². The fraction of sp³-hybridized carbons (Fsp3) is 0.739. The van der Waals surface area contributed by atoms with Gasteiger partial charge in [-0.1, -0.05) is 5.09 Å². The van der Waals surface area contributed by atoms with Crippen molar-refractivity contribution >= 4 is 31.3 Å². The summed E-state index contributed by atoms with van der Waals surface area (Å²) < 4.78 is 42.1. The van der Waals surface area contributed by atoms with Crippen molar-refractivity contribution in [1.29, 1.82) is 0 Å². The van der Waals surface area contributed by atoms with Gasteiger partial charge in [0.15, 0.2) is 11.2 Å². The third kappa shape index (κ3) is 7.57. The molecule has 39 heavy (non-hydrogen) atoms. The first-order valence-electron chi connectivity index (χ1n) is 12.9. The first-order chi connectivity index (χ1) is 18.7. The lowest BCUT2D eigenvalue weighted by molar-refractivity contribution is -0.233. The second kappa shape index (κ2) is 13.2. The molecule has 6 atom stereocenters. The molecule has 5 N–H and O–H groups in total. The van der Waals surface area contributed by atoms with Crippen LogP contribution in [0.15, 0.2) is 6.33 Å². The van der Waals surface area contributed by atoms with E-state index in [9.17, 15) is 19.6 Å². The van der Waals surface area contributed by atoms with E-state index in [1.165, 1.54) is 20.2 Å². The minimum atomic E-state index is -2.52. The molecule has 2 aromatic heterocycles. The summed E-state index contributed by atoms with van der Waals surface area (Å²) in [6, 6.07) is -0.896. The third-order valence-corrected chi connectivity index (χ3v) is 7.47. The number of cyclic esters (lactones) is 1. The lowest BCUT2D eigenvalue weighted by Gasteiger charge is -2.42. The van der Waals surface area contributed by atoms with Crippen LogP contribution in [0.25, 0.3) is 11.2 Å². The van der Waals surface area contributed by atoms with Crippen LogP contribution in [-0.4, -0.2) is 92.6 Å². The average Bonchev–Trinajstić information content (AvgIpc) is 3.31. The molecule has 4 rings (SSSR count). The fourth-order valence-electron chi connectivity index (χ4n) is 4.31. The first kappa shape index (κ1) is 29.5. The molecule has 0 radical (unpaired) electrons. The molecule has 0 spiro atoms. The number of fused-ring (bicyclic) bond motifs is 3. The quantitative estimate of drug-likeness (QED) is 0.257. The molecule has 2 aliphatic rings. The Bertz CT molecular complexity index is 1150. The van der Waals surface area contributed by atoms with Crippen LogP contribution in [0.2, 0.25) is 0 Å². The van der Waals surface area contributed by atoms with E-state index in [1.54, 1.807) is 4.57 Å². The summed E-state index contributed by atoms with van der Waals surface area (Å²) in [6.07, 6.45) is 1.20. The molecule has 0 saturated carbocycles. The molecule has 16 heteroatoms. The number of aromatic nitrogens is 4. The van der Waals surface area contributed by atoms with Gasteiger partial charge in [-0.25, -0.2) is 4.98 Å². The molecule has 0 aliphatic carbocycles. The Morgan fingerprint density at radius 2 is 1.90 bits per heavy atom. The van der Waals surface area contributed by atoms with Gasteiger partial charge in [-0.3, -0.25) is 9.36 Å². The van der Waals surface area contributed by atoms with Crippen molar-refractivity contribution in [2.45, 2.75) is 76.0 Å². The minimum absolute atomic E-state index is 0.00838. The summed E-state index contributed by atoms with van der Waals surface area (Å²) in [7, 11) is -2.52. The van der Waals surface area contributed by atoms with Gasteiger partial charge in [0.25, 0.3) is 0 Å². The molecule has 0 amide bonds. The lowest BCUT2D eigenvalue weighted by Crippen LogP contribution is -2.55. The smallest absolute Gasteiger partial charge is 0.476 e. The number of imidazole rings is 1. The molecular formula is C23H36N6O9P+. The Morgan fingerprint density at radius 3 is 2.72 bits per heavy atom. The number of hydrogen-bond acceptors (Lipinski definition) is 13. The summed E-state index contributed by atoms with van der Waals surface area (Å²) >= 11 is 0. The number of nitrogens with one attached hydrogen (secondary N) is 1. The number of anilines is 1. The first-order valence-corrected chi connectivity index (χ1v) is 14.1. The molecule has 2 aromatic rings. The number of ether oxygens (including phenoxy) is 4. The zero-order chi connectivity index (χ0) is 28.0. The average molecular weight is 572 g/mol. The number of nitrogens with zero attached hydrogens (tertiary/aromatic N) is 4. The Morgan fingerprint density at radius 1 is 1.15 bits per heavy atom. The molecule has 216 valence electrons. The number of carbonyl (C=O) groups excluding carboxylic acids is 1. The van der Waals surface area contributed by atoms with Gasteiger partial charge in [0.05, 0.1) is 25.1 Å². The van der Waals surface area contributed by atoms with Gasteiger partial charge in [-0.05, 0) is 37.7 Å². The van der Waals surface area contributed by atoms with Crippen molar-refractivity contribution in [1.82, 2.24) is 24.6 Å². The summed E-state index contributed by atoms with van der Waals surface area (Å²) in [5.74, 6) is -0.371. The van der Waals surface area contributed by atoms with Gasteiger partial charge in [0.2, 0.25) is 11.8 Å². The molecule has 0 aromatic carbocycles. The molecule has 6 bridgehead atoms. The zero-order valence-corrected chi connectivity index (χ0v) is 22.9. The molecule has 15 nitrogen and oxygen atoms in total. The molecule has 2 aliphatic heterocycles. The monoisotopic (exact) mass is 571 g/mol. The highest BCUT2D eigenvalue weighted by Gasteiger charge is 2.47. The number of aliphatic hydroxyl groups excluding tert-OH is 1. The van der Waals surface area contributed by atoms with Crippen molar-refractivity contribution < 1.29 is 43.0 Å². The Labute approximate surface area is 226 Å². The summed E-state index contributed by atoms with van der Waals surface area (Å²) in [5, 5.41) is 24.2. The normalized spacial score (nSPS) is 31.8. The van der Waals surface area contributed by atoms with E-state index in [4.69, 9.17) is 29.2 Å². The summed E-state index contributed by atoms with van der Waals surface area (Å²) in [5.41, 5.74) is 5.06. The van der Waals surface area contributed by atoms with E-state index < -0.39 is 44.2 Å². The lowest BCUT2D eigenvalue weighted by atomic mass is 9.88. The maximum Gasteiger partial charge on any atom is 0.613 e. The second-order valence-corrected chi connectivity index (χ2v) is 10.8. The van der Waals surface area contributed by atoms with E-state index in [0.717, 1.165) is 19.3 Å². The van der Waals surface area contributed by atoms with Gasteiger partial charge >= 0.3 is 14.1 Å². The zero-order valence-electron chi connectivity index (χ0n) is 22.0. The number of nitrogen functional groups attached to an aromatic ring is 1. The number of rotatable bonds is 0. The van der Waals surface area contributed by atoms with Crippen molar-refractivity contribution in [3.8, 4) is 5.88 Å². The van der Waals surface area contributed by atoms with Crippen molar-refractivity contribution in [3.05, 3.63) is 6.33 Å². The van der Waals surface area contributed by atoms with Crippen molar-refractivity contribution in [2.75, 3.05) is 38.8 Å². The van der Waals surface area contributed by atoms with Crippen LogP contribution >= 0.6 is 8.18 Å². The van der Waals surface area contributed by atoms with E-state index in [1.807, 2.05) is 0 Å². The SMILES string of the molecule is C[C@@H]1N[P+](=O)OCC2OC(C[C@](C)(O)[C@@H]2O)n2cnc3c(nc(N)nc32)OCCCCCOCCCOC1=O. The van der Waals surface area contributed by atoms with E-state index >= 15 is 0 Å². The maximum atomic E-state index is 12.5. The van der Waals surface area contributed by atoms with Gasteiger partial charge in [0, 0.05) is 26.1 Å². The van der Waals surface area contributed by atoms with Gasteiger partial charge in [-0.2, -0.15) is 9.97 Å². The topological polar surface area (TPSA) is 202 Å². The summed E-state index contributed by atoms with van der Waals surface area (Å²) in [4.78, 5) is 25.1. The largest absolute Gasteiger partial charge is 0.613 e. The molecule has 1 fully saturated rings. The molecule has 3 unspecified atom stereocenters. The highest BCUT2D eigenvalue weighted by Crippen LogP contribution is 2.37. The molecule has 4 heterocycles.